The van der Waals surface area contributed by atoms with Crippen LogP contribution in [0, 0.1) is 0 Å². The second-order valence-corrected chi connectivity index (χ2v) is 6.98. The Bertz CT molecular complexity index is 343. The average molecular weight is 301 g/mol. The van der Waals surface area contributed by atoms with Crippen LogP contribution in [0.5, 0.6) is 0 Å². The molecule has 0 unspecified atom stereocenters. The molecule has 0 saturated carbocycles. The van der Waals surface area contributed by atoms with E-state index in [4.69, 9.17) is 23.2 Å². The monoisotopic (exact) mass is 300 g/mol. The summed E-state index contributed by atoms with van der Waals surface area (Å²) in [5.74, 6) is 0. The van der Waals surface area contributed by atoms with Gasteiger partial charge in [-0.05, 0) is 0 Å². The molecule has 0 aromatic heterocycles. The van der Waals surface area contributed by atoms with Gasteiger partial charge in [-0.25, -0.2) is 0 Å². The minimum atomic E-state index is -1.28. The third kappa shape index (κ3) is 5.27. The van der Waals surface area contributed by atoms with Crippen molar-refractivity contribution in [3.63, 3.8) is 0 Å². The van der Waals surface area contributed by atoms with Crippen LogP contribution in [0.15, 0.2) is 56.0 Å². The molecule has 0 amide bonds. The van der Waals surface area contributed by atoms with Crippen LogP contribution in [0.4, 0.5) is 0 Å². The van der Waals surface area contributed by atoms with Gasteiger partial charge in [-0.1, -0.05) is 0 Å². The van der Waals surface area contributed by atoms with Crippen molar-refractivity contribution in [3.8, 4) is 0 Å². The minimum absolute atomic E-state index is 1.20. The molecule has 0 bridgehead atoms. The van der Waals surface area contributed by atoms with Crippen LogP contribution in [0.25, 0.3) is 6.08 Å². The van der Waals surface area contributed by atoms with Gasteiger partial charge in [-0.3, -0.25) is 0 Å². The predicted molar refractivity (Wildman–Crippen MR) is 71.2 cm³/mol. The zero-order valence-electron chi connectivity index (χ0n) is 8.05. The third-order valence-corrected chi connectivity index (χ3v) is 5.82. The second-order valence-electron chi connectivity index (χ2n) is 2.72. The molecule has 0 saturated heterocycles. The van der Waals surface area contributed by atoms with Crippen LogP contribution in [0.3, 0.4) is 0 Å². The average Bonchev–Trinajstić information content (AvgIpc) is 2.28. The molecule has 0 aliphatic rings. The molecule has 15 heavy (non-hydrogen) atoms. The first-order valence-corrected chi connectivity index (χ1v) is 8.53. The van der Waals surface area contributed by atoms with E-state index in [1.54, 1.807) is 11.1 Å². The van der Waals surface area contributed by atoms with Crippen LogP contribution in [0.1, 0.15) is 5.56 Å². The van der Waals surface area contributed by atoms with Gasteiger partial charge in [0, 0.05) is 0 Å². The van der Waals surface area contributed by atoms with Gasteiger partial charge >= 0.3 is 105 Å². The number of hydrogen-bond acceptors (Lipinski definition) is 0. The molecule has 1 aromatic carbocycles. The van der Waals surface area contributed by atoms with Gasteiger partial charge in [0.1, 0.15) is 0 Å². The zero-order chi connectivity index (χ0) is 10.9. The fraction of sp³-hybridized carbons (Fsp3) is 0. The molecule has 78 valence electrons. The molecule has 0 spiro atoms. The Balaban J connectivity index is 2.70. The van der Waals surface area contributed by atoms with Crippen molar-refractivity contribution in [2.45, 2.75) is 0 Å². The summed E-state index contributed by atoms with van der Waals surface area (Å²) in [5.41, 5.74) is 4.32. The van der Waals surface area contributed by atoms with Crippen molar-refractivity contribution >= 4 is 43.9 Å². The molecule has 0 radical (unpaired) electrons. The predicted octanol–water partition coefficient (Wildman–Crippen LogP) is 4.32. The van der Waals surface area contributed by atoms with E-state index in [-0.39, 0.29) is 0 Å². The van der Waals surface area contributed by atoms with E-state index in [9.17, 15) is 0 Å². The van der Waals surface area contributed by atoms with Crippen molar-refractivity contribution in [1.29, 1.82) is 0 Å². The first-order valence-electron chi connectivity index (χ1n) is 4.41. The van der Waals surface area contributed by atoms with Crippen LogP contribution in [-0.2, 0) is 0 Å². The summed E-state index contributed by atoms with van der Waals surface area (Å²) in [6.45, 7) is 0. The van der Waals surface area contributed by atoms with E-state index >= 15 is 0 Å². The molecule has 0 heterocycles. The second kappa shape index (κ2) is 7.82. The van der Waals surface area contributed by atoms with Crippen molar-refractivity contribution in [3.05, 3.63) is 61.6 Å². The summed E-state index contributed by atoms with van der Waals surface area (Å²) in [7, 11) is 0. The van der Waals surface area contributed by atoms with Crippen LogP contribution in [0.2, 0.25) is 0 Å². The first kappa shape index (κ1) is 12.6. The Hall–Kier alpha value is -0.422. The van der Waals surface area contributed by atoms with Gasteiger partial charge in [-0.2, -0.15) is 0 Å². The fourth-order valence-corrected chi connectivity index (χ4v) is 4.26. The molecule has 3 heteroatoms. The molecule has 0 nitrogen and oxygen atoms in total. The van der Waals surface area contributed by atoms with Crippen molar-refractivity contribution in [1.82, 2.24) is 0 Å². The Morgan fingerprint density at radius 2 is 1.47 bits per heavy atom. The summed E-state index contributed by atoms with van der Waals surface area (Å²) >= 11 is 9.84. The molecule has 0 aliphatic carbocycles. The maximum atomic E-state index is 5.56. The quantitative estimate of drug-likeness (QED) is 0.727. The maximum absolute atomic E-state index is 5.56. The molecular weight excluding hydrogens is 290 g/mol. The summed E-state index contributed by atoms with van der Waals surface area (Å²) in [5, 5.41) is 0. The van der Waals surface area contributed by atoms with E-state index in [0.29, 0.717) is 0 Å². The number of benzene rings is 1. The topological polar surface area (TPSA) is 0 Å². The fourth-order valence-electron chi connectivity index (χ4n) is 1.02. The number of halogens is 2. The van der Waals surface area contributed by atoms with E-state index in [0.717, 1.165) is 0 Å². The van der Waals surface area contributed by atoms with Gasteiger partial charge in [0.2, 0.25) is 0 Å². The summed E-state index contributed by atoms with van der Waals surface area (Å²) in [6, 6.07) is 10.2. The Morgan fingerprint density at radius 3 is 2.00 bits per heavy atom. The van der Waals surface area contributed by atoms with Gasteiger partial charge in [-0.15, -0.1) is 0 Å². The van der Waals surface area contributed by atoms with Gasteiger partial charge in [0.25, 0.3) is 0 Å². The molecular formula is C12H11AsCl2. The summed E-state index contributed by atoms with van der Waals surface area (Å²) in [6.07, 6.45) is 2.10. The van der Waals surface area contributed by atoms with Gasteiger partial charge in [0.05, 0.1) is 0 Å². The third-order valence-electron chi connectivity index (χ3n) is 1.70. The number of rotatable bonds is 4. The van der Waals surface area contributed by atoms with E-state index in [1.807, 2.05) is 27.9 Å². The Morgan fingerprint density at radius 1 is 0.867 bits per heavy atom. The van der Waals surface area contributed by atoms with E-state index in [1.165, 1.54) is 5.56 Å². The van der Waals surface area contributed by atoms with E-state index in [2.05, 4.69) is 23.1 Å². The van der Waals surface area contributed by atoms with Crippen LogP contribution >= 0.6 is 23.2 Å². The standard InChI is InChI=1S/C12H11AsCl2/c14-10-8-13(9-11-15)7-6-12-4-2-1-3-5-12/h1-11H. The molecule has 0 fully saturated rings. The van der Waals surface area contributed by atoms with Crippen molar-refractivity contribution in [2.24, 2.45) is 0 Å². The van der Waals surface area contributed by atoms with E-state index < -0.39 is 14.7 Å². The Kier molecular flexibility index (Phi) is 6.59. The van der Waals surface area contributed by atoms with Gasteiger partial charge < -0.3 is 0 Å². The van der Waals surface area contributed by atoms with Crippen molar-refractivity contribution < 1.29 is 0 Å². The van der Waals surface area contributed by atoms with Crippen LogP contribution in [-0.4, -0.2) is 14.7 Å². The molecule has 1 rings (SSSR count). The van der Waals surface area contributed by atoms with Crippen molar-refractivity contribution in [2.75, 3.05) is 0 Å². The SMILES string of the molecule is ClC=C[As](C=CCl)C=Cc1ccccc1. The number of hydrogen-bond donors (Lipinski definition) is 0. The van der Waals surface area contributed by atoms with Gasteiger partial charge in [0.15, 0.2) is 0 Å². The molecule has 0 atom stereocenters. The molecule has 0 aliphatic heterocycles. The molecule has 1 aromatic rings. The summed E-state index contributed by atoms with van der Waals surface area (Å²) < 4.78 is 0. The Labute approximate surface area is 105 Å². The summed E-state index contributed by atoms with van der Waals surface area (Å²) in [4.78, 5) is 6.19. The van der Waals surface area contributed by atoms with Crippen LogP contribution < -0.4 is 0 Å². The normalized spacial score (nSPS) is 14.3. The first-order chi connectivity index (χ1) is 7.36. The molecule has 0 N–H and O–H groups in total. The zero-order valence-corrected chi connectivity index (χ0v) is 11.4.